The summed E-state index contributed by atoms with van der Waals surface area (Å²) in [6.45, 7) is 0.552. The lowest BCUT2D eigenvalue weighted by molar-refractivity contribution is 0.0797. The van der Waals surface area contributed by atoms with Gasteiger partial charge in [-0.15, -0.1) is 0 Å². The molecule has 1 saturated heterocycles. The van der Waals surface area contributed by atoms with Gasteiger partial charge in [-0.25, -0.2) is 13.4 Å². The number of pyridine rings is 1. The Hall–Kier alpha value is -2.96. The number of sulfone groups is 1. The highest BCUT2D eigenvalue weighted by atomic mass is 35.5. The molecule has 0 spiro atoms. The number of likely N-dealkylation sites (tertiary alicyclic amines) is 1. The Morgan fingerprint density at radius 2 is 1.48 bits per heavy atom. The molecule has 2 heterocycles. The Morgan fingerprint density at radius 1 is 0.903 bits per heavy atom. The van der Waals surface area contributed by atoms with Gasteiger partial charge in [0.15, 0.2) is 9.84 Å². The molecule has 7 heteroatoms. The number of carbonyl (C=O) groups excluding carboxylic acids is 1. The second-order valence-electron chi connectivity index (χ2n) is 7.68. The summed E-state index contributed by atoms with van der Waals surface area (Å²) in [5, 5.41) is 1.39. The van der Waals surface area contributed by atoms with Crippen molar-refractivity contribution in [2.24, 2.45) is 0 Å². The van der Waals surface area contributed by atoms with Gasteiger partial charge in [-0.05, 0) is 42.8 Å². The van der Waals surface area contributed by atoms with E-state index in [1.165, 1.54) is 12.1 Å². The molecule has 5 rings (SSSR count). The Morgan fingerprint density at radius 3 is 2.10 bits per heavy atom. The van der Waals surface area contributed by atoms with Crippen LogP contribution in [-0.2, 0) is 9.84 Å². The van der Waals surface area contributed by atoms with Gasteiger partial charge in [-0.3, -0.25) is 4.79 Å². The van der Waals surface area contributed by atoms with Crippen LogP contribution < -0.4 is 0 Å². The first-order valence-electron chi connectivity index (χ1n) is 10.0. The number of carbonyl (C=O) groups is 1. The van der Waals surface area contributed by atoms with Crippen LogP contribution in [-0.4, -0.2) is 42.5 Å². The molecule has 5 nitrogen and oxygen atoms in total. The third-order valence-corrected chi connectivity index (χ3v) is 8.26. The Kier molecular flexibility index (Phi) is 4.91. The zero-order valence-corrected chi connectivity index (χ0v) is 18.1. The molecule has 1 unspecified atom stereocenters. The van der Waals surface area contributed by atoms with Gasteiger partial charge in [0.05, 0.1) is 26.7 Å². The van der Waals surface area contributed by atoms with E-state index in [1.54, 1.807) is 17.0 Å². The minimum atomic E-state index is -3.55. The molecular weight excluding hydrogens is 432 g/mol. The maximum Gasteiger partial charge on any atom is 0.255 e. The van der Waals surface area contributed by atoms with E-state index >= 15 is 0 Å². The molecule has 156 valence electrons. The summed E-state index contributed by atoms with van der Waals surface area (Å²) >= 11 is 5.90. The molecule has 0 N–H and O–H groups in total. The van der Waals surface area contributed by atoms with E-state index in [0.717, 1.165) is 21.8 Å². The summed E-state index contributed by atoms with van der Waals surface area (Å²) in [6.07, 6.45) is 0.400. The number of para-hydroxylation sites is 2. The molecular formula is C24H19ClN2O3S. The number of amides is 1. The number of rotatable bonds is 3. The van der Waals surface area contributed by atoms with Crippen LogP contribution in [0.3, 0.4) is 0 Å². The van der Waals surface area contributed by atoms with Gasteiger partial charge in [0.1, 0.15) is 0 Å². The molecule has 1 atom stereocenters. The van der Waals surface area contributed by atoms with E-state index in [0.29, 0.717) is 23.6 Å². The number of fused-ring (bicyclic) bond motifs is 2. The van der Waals surface area contributed by atoms with Gasteiger partial charge in [-0.1, -0.05) is 48.0 Å². The van der Waals surface area contributed by atoms with Crippen LogP contribution in [0.15, 0.2) is 77.7 Å². The number of aromatic nitrogens is 1. The molecule has 1 aromatic heterocycles. The van der Waals surface area contributed by atoms with Crippen molar-refractivity contribution in [1.29, 1.82) is 0 Å². The fourth-order valence-electron chi connectivity index (χ4n) is 4.21. The number of halogens is 1. The lowest BCUT2D eigenvalue weighted by atomic mass is 10.0. The van der Waals surface area contributed by atoms with Gasteiger partial charge in [0, 0.05) is 28.9 Å². The highest BCUT2D eigenvalue weighted by Gasteiger charge is 2.37. The molecule has 4 aromatic rings. The Balaban J connectivity index is 1.52. The van der Waals surface area contributed by atoms with Crippen molar-refractivity contribution in [2.45, 2.75) is 16.6 Å². The standard InChI is InChI=1S/C24H19ClN2O3S/c25-16-9-11-17(12-10-16)31(29,30)18-13-14-27(15-18)24(28)23-19-5-1-3-7-21(19)26-22-8-4-2-6-20(22)23/h1-12,18H,13-15H2. The third kappa shape index (κ3) is 3.46. The SMILES string of the molecule is O=C(c1c2ccccc2nc2ccccc12)N1CCC(S(=O)(=O)c2ccc(Cl)cc2)C1. The van der Waals surface area contributed by atoms with Gasteiger partial charge in [-0.2, -0.15) is 0 Å². The van der Waals surface area contributed by atoms with Crippen molar-refractivity contribution in [3.05, 3.63) is 83.4 Å². The number of benzene rings is 3. The van der Waals surface area contributed by atoms with Crippen LogP contribution in [0.5, 0.6) is 0 Å². The second-order valence-corrected chi connectivity index (χ2v) is 10.3. The van der Waals surface area contributed by atoms with Crippen LogP contribution in [0.1, 0.15) is 16.8 Å². The van der Waals surface area contributed by atoms with Crippen molar-refractivity contribution in [2.75, 3.05) is 13.1 Å². The Labute approximate surface area is 185 Å². The third-order valence-electron chi connectivity index (χ3n) is 5.81. The molecule has 3 aromatic carbocycles. The van der Waals surface area contributed by atoms with Gasteiger partial charge < -0.3 is 4.90 Å². The van der Waals surface area contributed by atoms with Crippen molar-refractivity contribution in [1.82, 2.24) is 9.88 Å². The average Bonchev–Trinajstić information content (AvgIpc) is 3.28. The highest BCUT2D eigenvalue weighted by Crippen LogP contribution is 2.30. The maximum absolute atomic E-state index is 13.6. The number of hydrogen-bond donors (Lipinski definition) is 0. The quantitative estimate of drug-likeness (QED) is 0.423. The molecule has 31 heavy (non-hydrogen) atoms. The van der Waals surface area contributed by atoms with E-state index in [4.69, 9.17) is 11.6 Å². The summed E-state index contributed by atoms with van der Waals surface area (Å²) in [7, 11) is -3.55. The minimum Gasteiger partial charge on any atom is -0.337 e. The summed E-state index contributed by atoms with van der Waals surface area (Å²) in [5.74, 6) is -0.163. The zero-order valence-electron chi connectivity index (χ0n) is 16.5. The van der Waals surface area contributed by atoms with E-state index in [9.17, 15) is 13.2 Å². The average molecular weight is 451 g/mol. The lowest BCUT2D eigenvalue weighted by Crippen LogP contribution is -2.32. The van der Waals surface area contributed by atoms with Gasteiger partial charge in [0.25, 0.3) is 5.91 Å². The molecule has 0 bridgehead atoms. The molecule has 1 amide bonds. The van der Waals surface area contributed by atoms with Crippen LogP contribution in [0, 0.1) is 0 Å². The van der Waals surface area contributed by atoms with Crippen molar-refractivity contribution >= 4 is 49.2 Å². The highest BCUT2D eigenvalue weighted by molar-refractivity contribution is 7.92. The fourth-order valence-corrected chi connectivity index (χ4v) is 6.03. The van der Waals surface area contributed by atoms with Crippen molar-refractivity contribution < 1.29 is 13.2 Å². The first kappa shape index (κ1) is 20.0. The summed E-state index contributed by atoms with van der Waals surface area (Å²) in [5.41, 5.74) is 2.06. The van der Waals surface area contributed by atoms with E-state index in [1.807, 2.05) is 48.5 Å². The summed E-state index contributed by atoms with van der Waals surface area (Å²) in [4.78, 5) is 20.2. The smallest absolute Gasteiger partial charge is 0.255 e. The van der Waals surface area contributed by atoms with E-state index in [-0.39, 0.29) is 17.3 Å². The minimum absolute atomic E-state index is 0.161. The molecule has 0 saturated carbocycles. The van der Waals surface area contributed by atoms with E-state index < -0.39 is 15.1 Å². The van der Waals surface area contributed by atoms with Crippen LogP contribution >= 0.6 is 11.6 Å². The fraction of sp³-hybridized carbons (Fsp3) is 0.167. The van der Waals surface area contributed by atoms with Gasteiger partial charge in [0.2, 0.25) is 0 Å². The predicted octanol–water partition coefficient (Wildman–Crippen LogP) is 4.73. The second kappa shape index (κ2) is 7.62. The monoisotopic (exact) mass is 450 g/mol. The molecule has 1 fully saturated rings. The van der Waals surface area contributed by atoms with Crippen molar-refractivity contribution in [3.8, 4) is 0 Å². The van der Waals surface area contributed by atoms with Gasteiger partial charge >= 0.3 is 0 Å². The Bertz CT molecular complexity index is 1360. The number of nitrogens with zero attached hydrogens (tertiary/aromatic N) is 2. The van der Waals surface area contributed by atoms with Crippen LogP contribution in [0.25, 0.3) is 21.8 Å². The first-order valence-corrected chi connectivity index (χ1v) is 11.9. The normalized spacial score (nSPS) is 16.8. The maximum atomic E-state index is 13.6. The van der Waals surface area contributed by atoms with Crippen LogP contribution in [0.2, 0.25) is 5.02 Å². The van der Waals surface area contributed by atoms with E-state index in [2.05, 4.69) is 4.98 Å². The molecule has 0 aliphatic carbocycles. The topological polar surface area (TPSA) is 67.3 Å². The lowest BCUT2D eigenvalue weighted by Gasteiger charge is -2.19. The van der Waals surface area contributed by atoms with Crippen LogP contribution in [0.4, 0.5) is 0 Å². The predicted molar refractivity (Wildman–Crippen MR) is 122 cm³/mol. The largest absolute Gasteiger partial charge is 0.337 e. The molecule has 0 radical (unpaired) electrons. The number of hydrogen-bond acceptors (Lipinski definition) is 4. The summed E-state index contributed by atoms with van der Waals surface area (Å²) < 4.78 is 26.2. The zero-order chi connectivity index (χ0) is 21.6. The van der Waals surface area contributed by atoms with Crippen molar-refractivity contribution in [3.63, 3.8) is 0 Å². The molecule has 1 aliphatic heterocycles. The molecule has 1 aliphatic rings. The summed E-state index contributed by atoms with van der Waals surface area (Å²) in [6, 6.07) is 21.3. The first-order chi connectivity index (χ1) is 14.9.